The molecule has 1 saturated heterocycles. The van der Waals surface area contributed by atoms with E-state index in [0.29, 0.717) is 12.1 Å². The second-order valence-corrected chi connectivity index (χ2v) is 6.32. The van der Waals surface area contributed by atoms with E-state index in [1.54, 1.807) is 0 Å². The van der Waals surface area contributed by atoms with E-state index < -0.39 is 23.4 Å². The normalized spacial score (nSPS) is 27.8. The highest BCUT2D eigenvalue weighted by atomic mass is 19.1. The van der Waals surface area contributed by atoms with Gasteiger partial charge in [0.25, 0.3) is 0 Å². The molecule has 0 amide bonds. The third kappa shape index (κ3) is 2.54. The molecule has 1 aromatic carbocycles. The maximum atomic E-state index is 14.9. The van der Waals surface area contributed by atoms with Crippen molar-refractivity contribution >= 4 is 5.97 Å². The molecular weight excluding hydrogens is 264 g/mol. The summed E-state index contributed by atoms with van der Waals surface area (Å²) in [6.07, 6.45) is 0. The van der Waals surface area contributed by atoms with Gasteiger partial charge in [0.1, 0.15) is 5.82 Å². The summed E-state index contributed by atoms with van der Waals surface area (Å²) in [5, 5.41) is 9.27. The number of benzene rings is 1. The average Bonchev–Trinajstić information content (AvgIpc) is 2.70. The smallest absolute Gasteiger partial charge is 0.343 e. The lowest BCUT2D eigenvalue weighted by molar-refractivity contribution is -0.151. The number of nitrogens with zero attached hydrogens (tertiary/aromatic N) is 1. The maximum absolute atomic E-state index is 14.9. The Hall–Kier alpha value is -1.49. The summed E-state index contributed by atoms with van der Waals surface area (Å²) in [6.45, 7) is 5.90. The molecule has 0 aliphatic carbocycles. The Kier molecular flexibility index (Phi) is 3.58. The quantitative estimate of drug-likeness (QED) is 0.907. The summed E-state index contributed by atoms with van der Waals surface area (Å²) in [5.41, 5.74) is -2.14. The van der Waals surface area contributed by atoms with Crippen molar-refractivity contribution in [2.45, 2.75) is 37.9 Å². The van der Waals surface area contributed by atoms with E-state index in [9.17, 15) is 18.7 Å². The highest BCUT2D eigenvalue weighted by molar-refractivity contribution is 5.80. The van der Waals surface area contributed by atoms with Crippen LogP contribution in [0.15, 0.2) is 24.3 Å². The van der Waals surface area contributed by atoms with Crippen molar-refractivity contribution in [1.82, 2.24) is 4.90 Å². The first-order chi connectivity index (χ1) is 9.14. The number of hydrogen-bond acceptors (Lipinski definition) is 2. The molecule has 1 N–H and O–H groups in total. The molecule has 0 aromatic heterocycles. The van der Waals surface area contributed by atoms with Crippen molar-refractivity contribution in [3.63, 3.8) is 0 Å². The van der Waals surface area contributed by atoms with Gasteiger partial charge in [0.05, 0.1) is 0 Å². The van der Waals surface area contributed by atoms with Gasteiger partial charge in [-0.25, -0.2) is 13.6 Å². The van der Waals surface area contributed by atoms with Gasteiger partial charge >= 0.3 is 5.97 Å². The van der Waals surface area contributed by atoms with E-state index in [2.05, 4.69) is 0 Å². The molecule has 1 aromatic rings. The van der Waals surface area contributed by atoms with Crippen molar-refractivity contribution in [3.05, 3.63) is 35.6 Å². The summed E-state index contributed by atoms with van der Waals surface area (Å²) in [7, 11) is 0. The van der Waals surface area contributed by atoms with Gasteiger partial charge in [-0.3, -0.25) is 4.90 Å². The van der Waals surface area contributed by atoms with Crippen molar-refractivity contribution in [2.24, 2.45) is 0 Å². The van der Waals surface area contributed by atoms with Crippen LogP contribution in [0.2, 0.25) is 0 Å². The van der Waals surface area contributed by atoms with E-state index in [4.69, 9.17) is 0 Å². The molecule has 1 fully saturated rings. The first kappa shape index (κ1) is 14.9. The molecule has 2 rings (SSSR count). The lowest BCUT2D eigenvalue weighted by atomic mass is 9.86. The van der Waals surface area contributed by atoms with Crippen molar-refractivity contribution in [2.75, 3.05) is 13.1 Å². The standard InChI is InChI=1S/C15H19F2NO2/c1-14(2,3)18-8-12(15(17,9-18)13(19)20)10-4-6-11(16)7-5-10/h4-7,12H,8-9H2,1-3H3,(H,19,20)/t12-,15-/m0/s1. The Morgan fingerprint density at radius 2 is 1.90 bits per heavy atom. The first-order valence-corrected chi connectivity index (χ1v) is 6.57. The Balaban J connectivity index is 2.38. The minimum Gasteiger partial charge on any atom is -0.479 e. The molecule has 0 bridgehead atoms. The Labute approximate surface area is 117 Å². The van der Waals surface area contributed by atoms with Gasteiger partial charge in [0, 0.05) is 24.5 Å². The number of carbonyl (C=O) groups is 1. The third-order valence-corrected chi connectivity index (χ3v) is 3.95. The van der Waals surface area contributed by atoms with Gasteiger partial charge in [-0.05, 0) is 38.5 Å². The fraction of sp³-hybridized carbons (Fsp3) is 0.533. The summed E-state index contributed by atoms with van der Waals surface area (Å²) < 4.78 is 27.9. The number of alkyl halides is 1. The van der Waals surface area contributed by atoms with Gasteiger partial charge in [0.2, 0.25) is 5.67 Å². The second kappa shape index (κ2) is 4.81. The van der Waals surface area contributed by atoms with Crippen LogP contribution in [0.5, 0.6) is 0 Å². The zero-order valence-electron chi connectivity index (χ0n) is 11.9. The van der Waals surface area contributed by atoms with Crippen LogP contribution in [0, 0.1) is 5.82 Å². The van der Waals surface area contributed by atoms with Crippen LogP contribution in [0.25, 0.3) is 0 Å². The van der Waals surface area contributed by atoms with E-state index in [1.165, 1.54) is 24.3 Å². The monoisotopic (exact) mass is 283 g/mol. The predicted octanol–water partition coefficient (Wildman–Crippen LogP) is 2.82. The number of carboxylic acid groups (broad SMARTS) is 1. The van der Waals surface area contributed by atoms with Crippen LogP contribution in [0.1, 0.15) is 32.3 Å². The molecule has 1 aliphatic rings. The molecule has 5 heteroatoms. The number of hydrogen-bond donors (Lipinski definition) is 1. The molecule has 110 valence electrons. The van der Waals surface area contributed by atoms with E-state index in [1.807, 2.05) is 25.7 Å². The van der Waals surface area contributed by atoms with E-state index in [-0.39, 0.29) is 12.1 Å². The van der Waals surface area contributed by atoms with Gasteiger partial charge in [0.15, 0.2) is 0 Å². The van der Waals surface area contributed by atoms with Gasteiger partial charge < -0.3 is 5.11 Å². The number of rotatable bonds is 2. The molecule has 20 heavy (non-hydrogen) atoms. The minimum absolute atomic E-state index is 0.159. The molecule has 0 radical (unpaired) electrons. The third-order valence-electron chi connectivity index (χ3n) is 3.95. The molecule has 0 unspecified atom stereocenters. The van der Waals surface area contributed by atoms with Crippen LogP contribution in [0.3, 0.4) is 0 Å². The van der Waals surface area contributed by atoms with Crippen LogP contribution < -0.4 is 0 Å². The van der Waals surface area contributed by atoms with Gasteiger partial charge in [-0.1, -0.05) is 12.1 Å². The van der Waals surface area contributed by atoms with Crippen LogP contribution in [0.4, 0.5) is 8.78 Å². The Bertz CT molecular complexity index is 510. The Morgan fingerprint density at radius 1 is 1.35 bits per heavy atom. The summed E-state index contributed by atoms with van der Waals surface area (Å²) >= 11 is 0. The Morgan fingerprint density at radius 3 is 2.35 bits per heavy atom. The molecular formula is C15H19F2NO2. The zero-order valence-corrected chi connectivity index (χ0v) is 11.9. The largest absolute Gasteiger partial charge is 0.479 e. The molecule has 3 nitrogen and oxygen atoms in total. The first-order valence-electron chi connectivity index (χ1n) is 6.57. The summed E-state index contributed by atoms with van der Waals surface area (Å²) in [6, 6.07) is 5.39. The van der Waals surface area contributed by atoms with Crippen LogP contribution >= 0.6 is 0 Å². The van der Waals surface area contributed by atoms with Crippen molar-refractivity contribution in [3.8, 4) is 0 Å². The van der Waals surface area contributed by atoms with Gasteiger partial charge in [-0.2, -0.15) is 0 Å². The average molecular weight is 283 g/mol. The predicted molar refractivity (Wildman–Crippen MR) is 71.9 cm³/mol. The lowest BCUT2D eigenvalue weighted by Crippen LogP contribution is -2.44. The summed E-state index contributed by atoms with van der Waals surface area (Å²) in [5.74, 6) is -2.67. The minimum atomic E-state index is -2.34. The van der Waals surface area contributed by atoms with Crippen LogP contribution in [-0.4, -0.2) is 40.3 Å². The van der Waals surface area contributed by atoms with Crippen molar-refractivity contribution in [1.29, 1.82) is 0 Å². The second-order valence-electron chi connectivity index (χ2n) is 6.32. The highest BCUT2D eigenvalue weighted by Gasteiger charge is 2.55. The number of halogens is 2. The molecule has 1 aliphatic heterocycles. The molecule has 0 spiro atoms. The van der Waals surface area contributed by atoms with Crippen LogP contribution in [-0.2, 0) is 4.79 Å². The maximum Gasteiger partial charge on any atom is 0.343 e. The highest BCUT2D eigenvalue weighted by Crippen LogP contribution is 2.41. The van der Waals surface area contributed by atoms with E-state index >= 15 is 0 Å². The topological polar surface area (TPSA) is 40.5 Å². The zero-order chi connectivity index (χ0) is 15.1. The number of likely N-dealkylation sites (tertiary alicyclic amines) is 1. The fourth-order valence-corrected chi connectivity index (χ4v) is 2.61. The number of aliphatic carboxylic acids is 1. The number of carboxylic acids is 1. The van der Waals surface area contributed by atoms with Gasteiger partial charge in [-0.15, -0.1) is 0 Å². The fourth-order valence-electron chi connectivity index (χ4n) is 2.61. The molecule has 0 saturated carbocycles. The molecule has 2 atom stereocenters. The van der Waals surface area contributed by atoms with E-state index in [0.717, 1.165) is 0 Å². The summed E-state index contributed by atoms with van der Waals surface area (Å²) in [4.78, 5) is 13.2. The van der Waals surface area contributed by atoms with Crippen molar-refractivity contribution < 1.29 is 18.7 Å². The lowest BCUT2D eigenvalue weighted by Gasteiger charge is -2.31. The SMILES string of the molecule is CC(C)(C)N1C[C@@H](c2ccc(F)cc2)[C@](F)(C(=O)O)C1. The molecule has 1 heterocycles.